The number of halogens is 3. The second-order valence-corrected chi connectivity index (χ2v) is 4.30. The highest BCUT2D eigenvalue weighted by Crippen LogP contribution is 2.27. The van der Waals surface area contributed by atoms with Crippen molar-refractivity contribution in [3.8, 4) is 0 Å². The van der Waals surface area contributed by atoms with Gasteiger partial charge in [0, 0.05) is 6.42 Å². The summed E-state index contributed by atoms with van der Waals surface area (Å²) in [5, 5.41) is 0. The van der Waals surface area contributed by atoms with Crippen LogP contribution in [0.25, 0.3) is 0 Å². The standard InChI is InChI=1S/C11H21F3/c1-4-6-10(9(2)3)7-5-8-11(12,13)14/h9-10H,4-8H2,1-3H3. The van der Waals surface area contributed by atoms with Crippen LogP contribution in [0.3, 0.4) is 0 Å². The molecule has 0 radical (unpaired) electrons. The second kappa shape index (κ2) is 6.31. The molecule has 0 aliphatic carbocycles. The van der Waals surface area contributed by atoms with Gasteiger partial charge in [-0.25, -0.2) is 0 Å². The lowest BCUT2D eigenvalue weighted by atomic mass is 9.87. The Morgan fingerprint density at radius 1 is 1.07 bits per heavy atom. The SMILES string of the molecule is CCCC(CCCC(F)(F)F)C(C)C. The minimum atomic E-state index is -3.98. The second-order valence-electron chi connectivity index (χ2n) is 4.30. The smallest absolute Gasteiger partial charge is 0.171 e. The Bertz CT molecular complexity index is 138. The lowest BCUT2D eigenvalue weighted by molar-refractivity contribution is -0.136. The number of alkyl halides is 3. The van der Waals surface area contributed by atoms with Crippen LogP contribution in [0.15, 0.2) is 0 Å². The zero-order chi connectivity index (χ0) is 11.2. The molecular weight excluding hydrogens is 189 g/mol. The first kappa shape index (κ1) is 13.8. The van der Waals surface area contributed by atoms with E-state index in [2.05, 4.69) is 20.8 Å². The Balaban J connectivity index is 3.72. The molecule has 0 aromatic carbocycles. The van der Waals surface area contributed by atoms with Gasteiger partial charge in [-0.2, -0.15) is 13.2 Å². The lowest BCUT2D eigenvalue weighted by Crippen LogP contribution is -2.12. The van der Waals surface area contributed by atoms with Crippen molar-refractivity contribution in [2.75, 3.05) is 0 Å². The van der Waals surface area contributed by atoms with Crippen molar-refractivity contribution in [3.63, 3.8) is 0 Å². The van der Waals surface area contributed by atoms with Crippen LogP contribution >= 0.6 is 0 Å². The average molecular weight is 210 g/mol. The molecule has 0 nitrogen and oxygen atoms in total. The van der Waals surface area contributed by atoms with Crippen molar-refractivity contribution in [1.29, 1.82) is 0 Å². The minimum absolute atomic E-state index is 0.284. The molecule has 0 amide bonds. The van der Waals surface area contributed by atoms with Crippen LogP contribution in [-0.4, -0.2) is 6.18 Å². The molecule has 0 saturated carbocycles. The van der Waals surface area contributed by atoms with Gasteiger partial charge in [0.05, 0.1) is 0 Å². The van der Waals surface area contributed by atoms with Crippen molar-refractivity contribution in [2.45, 2.75) is 59.1 Å². The molecule has 0 heterocycles. The van der Waals surface area contributed by atoms with E-state index >= 15 is 0 Å². The molecule has 0 saturated heterocycles. The van der Waals surface area contributed by atoms with Crippen LogP contribution in [0.1, 0.15) is 52.9 Å². The quantitative estimate of drug-likeness (QED) is 0.591. The van der Waals surface area contributed by atoms with Gasteiger partial charge in [-0.05, 0) is 24.7 Å². The van der Waals surface area contributed by atoms with Gasteiger partial charge in [0.25, 0.3) is 0 Å². The summed E-state index contributed by atoms with van der Waals surface area (Å²) in [5.41, 5.74) is 0. The van der Waals surface area contributed by atoms with Crippen molar-refractivity contribution in [1.82, 2.24) is 0 Å². The van der Waals surface area contributed by atoms with Gasteiger partial charge in [0.2, 0.25) is 0 Å². The highest BCUT2D eigenvalue weighted by Gasteiger charge is 2.26. The van der Waals surface area contributed by atoms with E-state index in [1.165, 1.54) is 0 Å². The molecule has 0 N–H and O–H groups in total. The number of rotatable bonds is 6. The molecule has 1 unspecified atom stereocenters. The molecule has 0 fully saturated rings. The van der Waals surface area contributed by atoms with E-state index in [4.69, 9.17) is 0 Å². The molecule has 86 valence electrons. The molecule has 0 spiro atoms. The summed E-state index contributed by atoms with van der Waals surface area (Å²) in [6.07, 6.45) is -1.49. The van der Waals surface area contributed by atoms with E-state index in [0.717, 1.165) is 12.8 Å². The maximum Gasteiger partial charge on any atom is 0.389 e. The van der Waals surface area contributed by atoms with Gasteiger partial charge in [0.15, 0.2) is 0 Å². The summed E-state index contributed by atoms with van der Waals surface area (Å²) in [7, 11) is 0. The molecule has 14 heavy (non-hydrogen) atoms. The summed E-state index contributed by atoms with van der Waals surface area (Å²) < 4.78 is 35.7. The predicted molar refractivity (Wildman–Crippen MR) is 53.1 cm³/mol. The van der Waals surface area contributed by atoms with Crippen LogP contribution < -0.4 is 0 Å². The van der Waals surface area contributed by atoms with Gasteiger partial charge in [-0.15, -0.1) is 0 Å². The highest BCUT2D eigenvalue weighted by atomic mass is 19.4. The van der Waals surface area contributed by atoms with Gasteiger partial charge >= 0.3 is 6.18 Å². The van der Waals surface area contributed by atoms with E-state index in [9.17, 15) is 13.2 Å². The van der Waals surface area contributed by atoms with Crippen LogP contribution in [0.2, 0.25) is 0 Å². The van der Waals surface area contributed by atoms with Crippen LogP contribution in [-0.2, 0) is 0 Å². The summed E-state index contributed by atoms with van der Waals surface area (Å²) >= 11 is 0. The third kappa shape index (κ3) is 7.22. The fraction of sp³-hybridized carbons (Fsp3) is 1.00. The molecule has 0 rings (SSSR count). The fourth-order valence-corrected chi connectivity index (χ4v) is 1.75. The van der Waals surface area contributed by atoms with Crippen LogP contribution in [0.4, 0.5) is 13.2 Å². The third-order valence-electron chi connectivity index (χ3n) is 2.64. The summed E-state index contributed by atoms with van der Waals surface area (Å²) in [5.74, 6) is 0.963. The van der Waals surface area contributed by atoms with Gasteiger partial charge in [-0.1, -0.05) is 33.6 Å². The Morgan fingerprint density at radius 2 is 1.64 bits per heavy atom. The Hall–Kier alpha value is -0.210. The minimum Gasteiger partial charge on any atom is -0.171 e. The molecule has 0 aromatic rings. The Labute approximate surface area is 84.9 Å². The van der Waals surface area contributed by atoms with Gasteiger partial charge < -0.3 is 0 Å². The largest absolute Gasteiger partial charge is 0.389 e. The Morgan fingerprint density at radius 3 is 2.00 bits per heavy atom. The van der Waals surface area contributed by atoms with Gasteiger partial charge in [-0.3, -0.25) is 0 Å². The summed E-state index contributed by atoms with van der Waals surface area (Å²) in [4.78, 5) is 0. The van der Waals surface area contributed by atoms with E-state index in [-0.39, 0.29) is 6.42 Å². The normalized spacial score (nSPS) is 14.8. The Kier molecular flexibility index (Phi) is 6.21. The third-order valence-corrected chi connectivity index (χ3v) is 2.64. The summed E-state index contributed by atoms with van der Waals surface area (Å²) in [6.45, 7) is 6.26. The van der Waals surface area contributed by atoms with Crippen molar-refractivity contribution >= 4 is 0 Å². The number of hydrogen-bond acceptors (Lipinski definition) is 0. The van der Waals surface area contributed by atoms with E-state index in [1.807, 2.05) is 0 Å². The lowest BCUT2D eigenvalue weighted by Gasteiger charge is -2.20. The molecule has 1 atom stereocenters. The van der Waals surface area contributed by atoms with E-state index in [1.54, 1.807) is 0 Å². The molecular formula is C11H21F3. The van der Waals surface area contributed by atoms with Crippen LogP contribution in [0, 0.1) is 11.8 Å². The first-order valence-corrected chi connectivity index (χ1v) is 5.43. The predicted octanol–water partition coefficient (Wildman–Crippen LogP) is 4.79. The first-order chi connectivity index (χ1) is 6.37. The zero-order valence-corrected chi connectivity index (χ0v) is 9.32. The number of hydrogen-bond donors (Lipinski definition) is 0. The topological polar surface area (TPSA) is 0 Å². The molecule has 0 aliphatic heterocycles. The maximum absolute atomic E-state index is 11.9. The molecule has 0 aromatic heterocycles. The fourth-order valence-electron chi connectivity index (χ4n) is 1.75. The highest BCUT2D eigenvalue weighted by molar-refractivity contribution is 4.64. The monoisotopic (exact) mass is 210 g/mol. The van der Waals surface area contributed by atoms with Gasteiger partial charge in [0.1, 0.15) is 0 Å². The summed E-state index contributed by atoms with van der Waals surface area (Å²) in [6, 6.07) is 0. The van der Waals surface area contributed by atoms with Crippen molar-refractivity contribution in [3.05, 3.63) is 0 Å². The molecule has 3 heteroatoms. The first-order valence-electron chi connectivity index (χ1n) is 5.43. The maximum atomic E-state index is 11.9. The van der Waals surface area contributed by atoms with E-state index < -0.39 is 12.6 Å². The molecule has 0 bridgehead atoms. The van der Waals surface area contributed by atoms with Crippen LogP contribution in [0.5, 0.6) is 0 Å². The van der Waals surface area contributed by atoms with Crippen molar-refractivity contribution in [2.24, 2.45) is 11.8 Å². The van der Waals surface area contributed by atoms with E-state index in [0.29, 0.717) is 18.3 Å². The molecule has 0 aliphatic rings. The average Bonchev–Trinajstić information content (AvgIpc) is 2.00. The van der Waals surface area contributed by atoms with Crippen molar-refractivity contribution < 1.29 is 13.2 Å². The zero-order valence-electron chi connectivity index (χ0n) is 9.32.